The Hall–Kier alpha value is -0.730. The molecule has 2 nitrogen and oxygen atoms in total. The first-order valence-electron chi connectivity index (χ1n) is 4.11. The summed E-state index contributed by atoms with van der Waals surface area (Å²) in [5.41, 5.74) is 6.77. The molecule has 0 atom stereocenters. The van der Waals surface area contributed by atoms with Crippen molar-refractivity contribution in [2.24, 2.45) is 5.73 Å². The van der Waals surface area contributed by atoms with E-state index in [0.717, 1.165) is 5.56 Å². The molecule has 0 spiro atoms. The maximum Gasteiger partial charge on any atom is 0.122 e. The van der Waals surface area contributed by atoms with Crippen LogP contribution in [0.25, 0.3) is 0 Å². The summed E-state index contributed by atoms with van der Waals surface area (Å²) in [5.74, 6) is 0.164. The fourth-order valence-corrected chi connectivity index (χ4v) is 1.87. The van der Waals surface area contributed by atoms with Crippen molar-refractivity contribution < 1.29 is 5.11 Å². The van der Waals surface area contributed by atoms with E-state index in [4.69, 9.17) is 17.3 Å². The van der Waals surface area contributed by atoms with Gasteiger partial charge in [0.2, 0.25) is 0 Å². The van der Waals surface area contributed by atoms with Gasteiger partial charge >= 0.3 is 0 Å². The minimum Gasteiger partial charge on any atom is -0.508 e. The second-order valence-electron chi connectivity index (χ2n) is 3.86. The average Bonchev–Trinajstić information content (AvgIpc) is 1.78. The number of rotatable bonds is 1. The van der Waals surface area contributed by atoms with Crippen molar-refractivity contribution in [3.8, 4) is 5.75 Å². The molecule has 1 aromatic carbocycles. The van der Waals surface area contributed by atoms with E-state index >= 15 is 0 Å². The zero-order valence-corrected chi connectivity index (χ0v) is 8.81. The average molecular weight is 200 g/mol. The van der Waals surface area contributed by atoms with E-state index in [1.807, 2.05) is 20.8 Å². The molecule has 0 aliphatic heterocycles. The van der Waals surface area contributed by atoms with Gasteiger partial charge in [-0.25, -0.2) is 0 Å². The Kier molecular flexibility index (Phi) is 2.55. The third kappa shape index (κ3) is 2.14. The Morgan fingerprint density at radius 2 is 1.92 bits per heavy atom. The van der Waals surface area contributed by atoms with Gasteiger partial charge in [-0.3, -0.25) is 0 Å². The Morgan fingerprint density at radius 3 is 2.31 bits per heavy atom. The van der Waals surface area contributed by atoms with Gasteiger partial charge in [0, 0.05) is 16.1 Å². The number of phenolic OH excluding ortho intramolecular Hbond substituents is 1. The van der Waals surface area contributed by atoms with E-state index < -0.39 is 5.54 Å². The molecule has 0 fully saturated rings. The minimum atomic E-state index is -0.616. The number of nitrogens with two attached hydrogens (primary N) is 1. The fraction of sp³-hybridized carbons (Fsp3) is 0.400. The zero-order chi connectivity index (χ0) is 10.2. The Labute approximate surface area is 83.3 Å². The van der Waals surface area contributed by atoms with Crippen LogP contribution in [0.15, 0.2) is 12.1 Å². The van der Waals surface area contributed by atoms with Crippen LogP contribution in [-0.4, -0.2) is 5.11 Å². The predicted octanol–water partition coefficient (Wildman–Crippen LogP) is 2.55. The Balaban J connectivity index is 3.38. The minimum absolute atomic E-state index is 0.164. The maximum atomic E-state index is 9.64. The molecule has 0 unspecified atom stereocenters. The molecule has 1 aromatic rings. The summed E-state index contributed by atoms with van der Waals surface area (Å²) in [4.78, 5) is 0. The molecule has 0 heterocycles. The number of aryl methyl sites for hydroxylation is 1. The summed E-state index contributed by atoms with van der Waals surface area (Å²) >= 11 is 5.98. The second kappa shape index (κ2) is 3.20. The third-order valence-electron chi connectivity index (χ3n) is 1.86. The summed E-state index contributed by atoms with van der Waals surface area (Å²) in [6, 6.07) is 3.46. The van der Waals surface area contributed by atoms with Gasteiger partial charge in [-0.2, -0.15) is 0 Å². The number of phenols is 1. The van der Waals surface area contributed by atoms with E-state index in [-0.39, 0.29) is 5.75 Å². The molecule has 0 aliphatic carbocycles. The van der Waals surface area contributed by atoms with Crippen molar-refractivity contribution in [1.82, 2.24) is 0 Å². The molecule has 0 aromatic heterocycles. The molecular formula is C10H14ClNO. The molecule has 1 rings (SSSR count). The third-order valence-corrected chi connectivity index (χ3v) is 2.16. The number of halogens is 1. The van der Waals surface area contributed by atoms with Crippen LogP contribution in [0.4, 0.5) is 0 Å². The molecule has 0 saturated carbocycles. The fourth-order valence-electron chi connectivity index (χ4n) is 1.36. The number of aromatic hydroxyl groups is 1. The molecule has 3 heteroatoms. The first kappa shape index (κ1) is 10.4. The van der Waals surface area contributed by atoms with Crippen LogP contribution in [0.3, 0.4) is 0 Å². The topological polar surface area (TPSA) is 46.2 Å². The first-order valence-corrected chi connectivity index (χ1v) is 4.48. The van der Waals surface area contributed by atoms with Gasteiger partial charge in [0.05, 0.1) is 0 Å². The van der Waals surface area contributed by atoms with Crippen LogP contribution in [0.2, 0.25) is 5.02 Å². The molecule has 0 radical (unpaired) electrons. The Bertz CT molecular complexity index is 305. The molecule has 0 saturated heterocycles. The van der Waals surface area contributed by atoms with Crippen LogP contribution in [0, 0.1) is 6.92 Å². The summed E-state index contributed by atoms with van der Waals surface area (Å²) in [6.07, 6.45) is 0. The van der Waals surface area contributed by atoms with Crippen LogP contribution < -0.4 is 5.73 Å². The summed E-state index contributed by atoms with van der Waals surface area (Å²) < 4.78 is 0. The summed E-state index contributed by atoms with van der Waals surface area (Å²) in [6.45, 7) is 5.49. The number of hydrogen-bond acceptors (Lipinski definition) is 2. The van der Waals surface area contributed by atoms with Gasteiger partial charge in [0.15, 0.2) is 0 Å². The lowest BCUT2D eigenvalue weighted by molar-refractivity contribution is 0.440. The van der Waals surface area contributed by atoms with E-state index in [1.165, 1.54) is 0 Å². The summed E-state index contributed by atoms with van der Waals surface area (Å²) in [5, 5.41) is 10.2. The second-order valence-corrected chi connectivity index (χ2v) is 4.27. The van der Waals surface area contributed by atoms with Gasteiger partial charge in [-0.05, 0) is 38.5 Å². The molecule has 0 amide bonds. The van der Waals surface area contributed by atoms with Crippen molar-refractivity contribution in [3.63, 3.8) is 0 Å². The van der Waals surface area contributed by atoms with Gasteiger partial charge in [-0.1, -0.05) is 11.6 Å². The molecule has 3 N–H and O–H groups in total. The highest BCUT2D eigenvalue weighted by atomic mass is 35.5. The van der Waals surface area contributed by atoms with Crippen LogP contribution in [0.1, 0.15) is 25.0 Å². The van der Waals surface area contributed by atoms with E-state index in [0.29, 0.717) is 10.6 Å². The van der Waals surface area contributed by atoms with Crippen LogP contribution >= 0.6 is 11.6 Å². The lowest BCUT2D eigenvalue weighted by atomic mass is 9.93. The molecule has 0 bridgehead atoms. The number of hydrogen-bond donors (Lipinski definition) is 2. The Morgan fingerprint density at radius 1 is 1.38 bits per heavy atom. The lowest BCUT2D eigenvalue weighted by Gasteiger charge is -2.22. The smallest absolute Gasteiger partial charge is 0.122 e. The van der Waals surface area contributed by atoms with E-state index in [2.05, 4.69) is 0 Å². The molecule has 13 heavy (non-hydrogen) atoms. The monoisotopic (exact) mass is 199 g/mol. The highest BCUT2D eigenvalue weighted by Crippen LogP contribution is 2.34. The maximum absolute atomic E-state index is 9.64. The SMILES string of the molecule is Cc1cc(O)c(C(C)(C)N)c(Cl)c1. The van der Waals surface area contributed by atoms with Crippen molar-refractivity contribution >= 4 is 11.6 Å². The van der Waals surface area contributed by atoms with Crippen LogP contribution in [0.5, 0.6) is 5.75 Å². The van der Waals surface area contributed by atoms with Crippen molar-refractivity contribution in [2.75, 3.05) is 0 Å². The zero-order valence-electron chi connectivity index (χ0n) is 8.06. The predicted molar refractivity (Wildman–Crippen MR) is 55.1 cm³/mol. The summed E-state index contributed by atoms with van der Waals surface area (Å²) in [7, 11) is 0. The van der Waals surface area contributed by atoms with Gasteiger partial charge < -0.3 is 10.8 Å². The van der Waals surface area contributed by atoms with Gasteiger partial charge in [0.1, 0.15) is 5.75 Å². The first-order chi connectivity index (χ1) is 5.82. The molecule has 72 valence electrons. The highest BCUT2D eigenvalue weighted by molar-refractivity contribution is 6.31. The van der Waals surface area contributed by atoms with E-state index in [9.17, 15) is 5.11 Å². The van der Waals surface area contributed by atoms with Crippen molar-refractivity contribution in [3.05, 3.63) is 28.3 Å². The molecule has 0 aliphatic rings. The molecular weight excluding hydrogens is 186 g/mol. The van der Waals surface area contributed by atoms with Gasteiger partial charge in [-0.15, -0.1) is 0 Å². The van der Waals surface area contributed by atoms with Gasteiger partial charge in [0.25, 0.3) is 0 Å². The van der Waals surface area contributed by atoms with E-state index in [1.54, 1.807) is 12.1 Å². The lowest BCUT2D eigenvalue weighted by Crippen LogP contribution is -2.29. The number of benzene rings is 1. The van der Waals surface area contributed by atoms with Crippen molar-refractivity contribution in [2.45, 2.75) is 26.3 Å². The van der Waals surface area contributed by atoms with Crippen LogP contribution in [-0.2, 0) is 5.54 Å². The van der Waals surface area contributed by atoms with Crippen molar-refractivity contribution in [1.29, 1.82) is 0 Å². The largest absolute Gasteiger partial charge is 0.508 e. The quantitative estimate of drug-likeness (QED) is 0.730. The highest BCUT2D eigenvalue weighted by Gasteiger charge is 2.21. The standard InChI is InChI=1S/C10H14ClNO/c1-6-4-7(11)9(8(13)5-6)10(2,3)12/h4-5,13H,12H2,1-3H3. The normalized spacial score (nSPS) is 11.8.